The number of hydrogen-bond donors (Lipinski definition) is 1. The van der Waals surface area contributed by atoms with Crippen molar-refractivity contribution in [3.8, 4) is 0 Å². The van der Waals surface area contributed by atoms with Crippen LogP contribution < -0.4 is 5.73 Å². The van der Waals surface area contributed by atoms with Crippen molar-refractivity contribution in [3.05, 3.63) is 11.8 Å². The molecule has 4 heteroatoms. The van der Waals surface area contributed by atoms with E-state index in [0.717, 1.165) is 12.1 Å². The Hall–Kier alpha value is -1.03. The van der Waals surface area contributed by atoms with Crippen molar-refractivity contribution in [3.63, 3.8) is 0 Å². The molecule has 0 amide bonds. The van der Waals surface area contributed by atoms with E-state index in [4.69, 9.17) is 10.5 Å². The van der Waals surface area contributed by atoms with Gasteiger partial charge in [0, 0.05) is 18.9 Å². The third kappa shape index (κ3) is 1.98. The Balaban J connectivity index is 2.64. The largest absolute Gasteiger partial charge is 0.382 e. The highest BCUT2D eigenvalue weighted by atomic mass is 16.5. The molecule has 0 radical (unpaired) electrons. The molecule has 4 nitrogen and oxygen atoms in total. The first-order valence-electron chi connectivity index (χ1n) is 3.95. The van der Waals surface area contributed by atoms with Crippen molar-refractivity contribution < 1.29 is 4.74 Å². The highest BCUT2D eigenvalue weighted by Crippen LogP contribution is 2.06. The number of nitrogens with two attached hydrogens (primary N) is 1. The molecule has 0 aliphatic carbocycles. The van der Waals surface area contributed by atoms with Gasteiger partial charge in [-0.15, -0.1) is 0 Å². The van der Waals surface area contributed by atoms with Crippen LogP contribution in [0.5, 0.6) is 0 Å². The third-order valence-electron chi connectivity index (χ3n) is 1.83. The topological polar surface area (TPSA) is 53.1 Å². The molecule has 0 fully saturated rings. The predicted octanol–water partition coefficient (Wildman–Crippen LogP) is 0.809. The Morgan fingerprint density at radius 1 is 1.75 bits per heavy atom. The number of anilines is 1. The van der Waals surface area contributed by atoms with E-state index >= 15 is 0 Å². The fraction of sp³-hybridized carbons (Fsp3) is 0.625. The lowest BCUT2D eigenvalue weighted by molar-refractivity contribution is 0.0999. The summed E-state index contributed by atoms with van der Waals surface area (Å²) in [7, 11) is 1.68. The molecule has 1 unspecified atom stereocenters. The second-order valence-corrected chi connectivity index (χ2v) is 2.97. The van der Waals surface area contributed by atoms with Gasteiger partial charge >= 0.3 is 0 Å². The van der Waals surface area contributed by atoms with Gasteiger partial charge in [0.2, 0.25) is 0 Å². The minimum absolute atomic E-state index is 0.170. The second-order valence-electron chi connectivity index (χ2n) is 2.97. The van der Waals surface area contributed by atoms with Crippen LogP contribution in [0.2, 0.25) is 0 Å². The van der Waals surface area contributed by atoms with Gasteiger partial charge in [-0.1, -0.05) is 0 Å². The van der Waals surface area contributed by atoms with Gasteiger partial charge in [-0.25, -0.2) is 0 Å². The van der Waals surface area contributed by atoms with Crippen LogP contribution in [-0.4, -0.2) is 23.0 Å². The molecule has 1 rings (SSSR count). The zero-order valence-corrected chi connectivity index (χ0v) is 7.74. The van der Waals surface area contributed by atoms with E-state index in [9.17, 15) is 0 Å². The maximum atomic E-state index is 5.59. The molecule has 1 heterocycles. The first-order chi connectivity index (χ1) is 5.63. The standard InChI is InChI=1S/C8H15N3O/c1-6-4-11(10-8(6)9)5-7(2)12-3/h4,7H,5H2,1-3H3,(H2,9,10). The van der Waals surface area contributed by atoms with Crippen molar-refractivity contribution in [1.82, 2.24) is 9.78 Å². The quantitative estimate of drug-likeness (QED) is 0.728. The van der Waals surface area contributed by atoms with Crippen LogP contribution in [0.15, 0.2) is 6.20 Å². The van der Waals surface area contributed by atoms with Crippen molar-refractivity contribution in [1.29, 1.82) is 0 Å². The minimum atomic E-state index is 0.170. The Kier molecular flexibility index (Phi) is 2.70. The Labute approximate surface area is 72.3 Å². The number of nitrogens with zero attached hydrogens (tertiary/aromatic N) is 2. The highest BCUT2D eigenvalue weighted by molar-refractivity contribution is 5.35. The molecule has 0 saturated carbocycles. The number of aromatic nitrogens is 2. The van der Waals surface area contributed by atoms with Gasteiger partial charge in [-0.2, -0.15) is 5.10 Å². The van der Waals surface area contributed by atoms with Crippen molar-refractivity contribution in [2.75, 3.05) is 12.8 Å². The van der Waals surface area contributed by atoms with E-state index in [1.54, 1.807) is 11.8 Å². The molecule has 0 spiro atoms. The van der Waals surface area contributed by atoms with Gasteiger partial charge in [0.05, 0.1) is 12.6 Å². The van der Waals surface area contributed by atoms with E-state index in [1.165, 1.54) is 0 Å². The van der Waals surface area contributed by atoms with Crippen molar-refractivity contribution >= 4 is 5.82 Å². The maximum Gasteiger partial charge on any atom is 0.148 e. The number of aryl methyl sites for hydroxylation is 1. The summed E-state index contributed by atoms with van der Waals surface area (Å²) >= 11 is 0. The molecule has 0 aliphatic heterocycles. The maximum absolute atomic E-state index is 5.59. The Bertz CT molecular complexity index is 237. The fourth-order valence-electron chi connectivity index (χ4n) is 0.967. The van der Waals surface area contributed by atoms with E-state index in [2.05, 4.69) is 5.10 Å². The Morgan fingerprint density at radius 2 is 2.42 bits per heavy atom. The molecular formula is C8H15N3O. The molecule has 1 atom stereocenters. The molecule has 2 N–H and O–H groups in total. The van der Waals surface area contributed by atoms with Crippen LogP contribution in [-0.2, 0) is 11.3 Å². The fourth-order valence-corrected chi connectivity index (χ4v) is 0.967. The van der Waals surface area contributed by atoms with Crippen molar-refractivity contribution in [2.45, 2.75) is 26.5 Å². The van der Waals surface area contributed by atoms with Gasteiger partial charge in [-0.3, -0.25) is 4.68 Å². The number of methoxy groups -OCH3 is 1. The van der Waals surface area contributed by atoms with E-state index in [1.807, 2.05) is 20.0 Å². The van der Waals surface area contributed by atoms with Gasteiger partial charge in [-0.05, 0) is 13.8 Å². The monoisotopic (exact) mass is 169 g/mol. The zero-order chi connectivity index (χ0) is 9.14. The SMILES string of the molecule is COC(C)Cn1cc(C)c(N)n1. The average Bonchev–Trinajstić information content (AvgIpc) is 2.31. The summed E-state index contributed by atoms with van der Waals surface area (Å²) in [6.07, 6.45) is 2.09. The third-order valence-corrected chi connectivity index (χ3v) is 1.83. The van der Waals surface area contributed by atoms with Crippen LogP contribution >= 0.6 is 0 Å². The first-order valence-corrected chi connectivity index (χ1v) is 3.95. The molecule has 0 aromatic carbocycles. The summed E-state index contributed by atoms with van der Waals surface area (Å²) in [5.74, 6) is 0.596. The normalized spacial score (nSPS) is 13.2. The second kappa shape index (κ2) is 3.58. The summed E-state index contributed by atoms with van der Waals surface area (Å²) in [5.41, 5.74) is 6.60. The lowest BCUT2D eigenvalue weighted by atomic mass is 10.4. The van der Waals surface area contributed by atoms with Crippen LogP contribution in [0.3, 0.4) is 0 Å². The molecule has 0 bridgehead atoms. The molecule has 12 heavy (non-hydrogen) atoms. The van der Waals surface area contributed by atoms with Gasteiger partial charge in [0.25, 0.3) is 0 Å². The smallest absolute Gasteiger partial charge is 0.148 e. The van der Waals surface area contributed by atoms with Crippen LogP contribution in [0.25, 0.3) is 0 Å². The summed E-state index contributed by atoms with van der Waals surface area (Å²) in [5, 5.41) is 4.11. The summed E-state index contributed by atoms with van der Waals surface area (Å²) in [4.78, 5) is 0. The van der Waals surface area contributed by atoms with Gasteiger partial charge in [0.15, 0.2) is 0 Å². The lowest BCUT2D eigenvalue weighted by Gasteiger charge is -2.08. The number of ether oxygens (including phenoxy) is 1. The predicted molar refractivity (Wildman–Crippen MR) is 47.8 cm³/mol. The minimum Gasteiger partial charge on any atom is -0.382 e. The highest BCUT2D eigenvalue weighted by Gasteiger charge is 2.04. The first kappa shape index (κ1) is 9.06. The van der Waals surface area contributed by atoms with Crippen LogP contribution in [0.4, 0.5) is 5.82 Å². The molecule has 68 valence electrons. The van der Waals surface area contributed by atoms with Crippen LogP contribution in [0.1, 0.15) is 12.5 Å². The number of rotatable bonds is 3. The van der Waals surface area contributed by atoms with E-state index in [0.29, 0.717) is 5.82 Å². The van der Waals surface area contributed by atoms with E-state index < -0.39 is 0 Å². The average molecular weight is 169 g/mol. The van der Waals surface area contributed by atoms with Gasteiger partial charge < -0.3 is 10.5 Å². The Morgan fingerprint density at radius 3 is 2.83 bits per heavy atom. The molecule has 1 aromatic heterocycles. The van der Waals surface area contributed by atoms with Gasteiger partial charge in [0.1, 0.15) is 5.82 Å². The molecule has 0 saturated heterocycles. The van der Waals surface area contributed by atoms with E-state index in [-0.39, 0.29) is 6.10 Å². The lowest BCUT2D eigenvalue weighted by Crippen LogP contribution is -2.15. The summed E-state index contributed by atoms with van der Waals surface area (Å²) < 4.78 is 6.91. The molecular weight excluding hydrogens is 154 g/mol. The summed E-state index contributed by atoms with van der Waals surface area (Å²) in [6.45, 7) is 4.68. The van der Waals surface area contributed by atoms with Crippen molar-refractivity contribution in [2.24, 2.45) is 0 Å². The van der Waals surface area contributed by atoms with Crippen LogP contribution in [0, 0.1) is 6.92 Å². The summed E-state index contributed by atoms with van der Waals surface area (Å²) in [6, 6.07) is 0. The number of nitrogen functional groups attached to an aromatic ring is 1. The molecule has 1 aromatic rings. The number of hydrogen-bond acceptors (Lipinski definition) is 3. The zero-order valence-electron chi connectivity index (χ0n) is 7.74. The molecule has 0 aliphatic rings.